The molecule has 1 aromatic heterocycles. The number of aromatic nitrogens is 2. The molecule has 2 rings (SSSR count). The summed E-state index contributed by atoms with van der Waals surface area (Å²) in [6, 6.07) is 0. The third-order valence-corrected chi connectivity index (χ3v) is 2.54. The van der Waals surface area contributed by atoms with Gasteiger partial charge in [0.2, 0.25) is 0 Å². The summed E-state index contributed by atoms with van der Waals surface area (Å²) in [7, 11) is 0. The summed E-state index contributed by atoms with van der Waals surface area (Å²) in [5, 5.41) is 0.148. The van der Waals surface area contributed by atoms with Crippen molar-refractivity contribution in [3.63, 3.8) is 0 Å². The maximum Gasteiger partial charge on any atom is 0.290 e. The van der Waals surface area contributed by atoms with Crippen molar-refractivity contribution in [1.29, 1.82) is 0 Å². The summed E-state index contributed by atoms with van der Waals surface area (Å²) in [4.78, 5) is 7.27. The molecule has 70 valence electrons. The van der Waals surface area contributed by atoms with Gasteiger partial charge in [-0.15, -0.1) is 0 Å². The minimum absolute atomic E-state index is 0.148. The minimum Gasteiger partial charge on any atom is -0.235 e. The third kappa shape index (κ3) is 1.20. The van der Waals surface area contributed by atoms with Gasteiger partial charge in [0.25, 0.3) is 5.92 Å². The van der Waals surface area contributed by atoms with E-state index in [4.69, 9.17) is 11.6 Å². The molecule has 0 aliphatic heterocycles. The molecule has 0 spiro atoms. The fourth-order valence-electron chi connectivity index (χ4n) is 1.69. The normalized spacial score (nSPS) is 24.5. The number of rotatable bonds is 0. The van der Waals surface area contributed by atoms with Gasteiger partial charge in [-0.1, -0.05) is 18.5 Å². The number of alkyl halides is 2. The quantitative estimate of drug-likeness (QED) is 0.608. The highest BCUT2D eigenvalue weighted by molar-refractivity contribution is 6.30. The number of hydrogen-bond acceptors (Lipinski definition) is 2. The Labute approximate surface area is 79.0 Å². The molecule has 1 unspecified atom stereocenters. The molecule has 1 aliphatic carbocycles. The predicted molar refractivity (Wildman–Crippen MR) is 44.0 cm³/mol. The second-order valence-electron chi connectivity index (χ2n) is 3.24. The lowest BCUT2D eigenvalue weighted by molar-refractivity contribution is -0.00977. The summed E-state index contributed by atoms with van der Waals surface area (Å²) < 4.78 is 26.4. The molecule has 13 heavy (non-hydrogen) atoms. The standard InChI is InChI=1S/C8H7ClF2N2/c1-4-2-8(10,11)6-5(4)7(9)13-3-12-6/h3-4H,2H2,1H3. The maximum atomic E-state index is 13.2. The zero-order chi connectivity index (χ0) is 9.64. The molecule has 0 radical (unpaired) electrons. The molecule has 0 aromatic carbocycles. The number of hydrogen-bond donors (Lipinski definition) is 0. The topological polar surface area (TPSA) is 25.8 Å². The van der Waals surface area contributed by atoms with Crippen LogP contribution in [-0.4, -0.2) is 9.97 Å². The Morgan fingerprint density at radius 1 is 1.54 bits per heavy atom. The summed E-state index contributed by atoms with van der Waals surface area (Å²) in [6.07, 6.45) is 0.855. The van der Waals surface area contributed by atoms with Crippen molar-refractivity contribution in [1.82, 2.24) is 9.97 Å². The van der Waals surface area contributed by atoms with Crippen molar-refractivity contribution < 1.29 is 8.78 Å². The van der Waals surface area contributed by atoms with Gasteiger partial charge in [-0.2, -0.15) is 8.78 Å². The van der Waals surface area contributed by atoms with Crippen LogP contribution in [0.25, 0.3) is 0 Å². The molecule has 2 nitrogen and oxygen atoms in total. The highest BCUT2D eigenvalue weighted by Crippen LogP contribution is 2.48. The SMILES string of the molecule is CC1CC(F)(F)c2ncnc(Cl)c21. The summed E-state index contributed by atoms with van der Waals surface area (Å²) in [5.41, 5.74) is 0.189. The Morgan fingerprint density at radius 3 is 2.85 bits per heavy atom. The first-order valence-electron chi connectivity index (χ1n) is 3.91. The second kappa shape index (κ2) is 2.61. The molecule has 1 aromatic rings. The van der Waals surface area contributed by atoms with Gasteiger partial charge in [0.1, 0.15) is 17.2 Å². The molecular weight excluding hydrogens is 198 g/mol. The van der Waals surface area contributed by atoms with Crippen LogP contribution in [0.2, 0.25) is 5.15 Å². The van der Waals surface area contributed by atoms with Crippen LogP contribution < -0.4 is 0 Å². The fourth-order valence-corrected chi connectivity index (χ4v) is 2.00. The van der Waals surface area contributed by atoms with Crippen molar-refractivity contribution in [2.45, 2.75) is 25.2 Å². The Bertz CT molecular complexity index is 354. The largest absolute Gasteiger partial charge is 0.290 e. The number of nitrogens with zero attached hydrogens (tertiary/aromatic N) is 2. The lowest BCUT2D eigenvalue weighted by Gasteiger charge is -2.07. The van der Waals surface area contributed by atoms with E-state index in [0.717, 1.165) is 6.33 Å². The molecule has 1 heterocycles. The second-order valence-corrected chi connectivity index (χ2v) is 3.59. The molecule has 0 N–H and O–H groups in total. The monoisotopic (exact) mass is 204 g/mol. The molecule has 0 fully saturated rings. The van der Waals surface area contributed by atoms with Gasteiger partial charge >= 0.3 is 0 Å². The first-order valence-corrected chi connectivity index (χ1v) is 4.29. The molecule has 5 heteroatoms. The van der Waals surface area contributed by atoms with E-state index in [1.165, 1.54) is 0 Å². The number of halogens is 3. The zero-order valence-electron chi connectivity index (χ0n) is 6.89. The summed E-state index contributed by atoms with van der Waals surface area (Å²) >= 11 is 5.71. The van der Waals surface area contributed by atoms with Gasteiger partial charge in [-0.3, -0.25) is 0 Å². The van der Waals surface area contributed by atoms with E-state index >= 15 is 0 Å². The van der Waals surface area contributed by atoms with Crippen molar-refractivity contribution in [3.05, 3.63) is 22.7 Å². The lowest BCUT2D eigenvalue weighted by atomic mass is 10.1. The van der Waals surface area contributed by atoms with Crippen molar-refractivity contribution in [2.24, 2.45) is 0 Å². The Morgan fingerprint density at radius 2 is 2.23 bits per heavy atom. The van der Waals surface area contributed by atoms with Crippen LogP contribution in [-0.2, 0) is 5.92 Å². The van der Waals surface area contributed by atoms with Crippen molar-refractivity contribution in [3.8, 4) is 0 Å². The zero-order valence-corrected chi connectivity index (χ0v) is 7.65. The Balaban J connectivity index is 2.65. The van der Waals surface area contributed by atoms with Crippen molar-refractivity contribution >= 4 is 11.6 Å². The Hall–Kier alpha value is -0.770. The smallest absolute Gasteiger partial charge is 0.235 e. The minimum atomic E-state index is -2.85. The van der Waals surface area contributed by atoms with E-state index in [2.05, 4.69) is 9.97 Å². The molecule has 0 bridgehead atoms. The first kappa shape index (κ1) is 8.81. The lowest BCUT2D eigenvalue weighted by Crippen LogP contribution is -2.10. The van der Waals surface area contributed by atoms with E-state index in [9.17, 15) is 8.78 Å². The summed E-state index contributed by atoms with van der Waals surface area (Å²) in [6.45, 7) is 1.70. The highest BCUT2D eigenvalue weighted by atomic mass is 35.5. The van der Waals surface area contributed by atoms with Crippen LogP contribution in [0.4, 0.5) is 8.78 Å². The van der Waals surface area contributed by atoms with Gasteiger partial charge in [0.05, 0.1) is 0 Å². The summed E-state index contributed by atoms with van der Waals surface area (Å²) in [5.74, 6) is -3.11. The van der Waals surface area contributed by atoms with Crippen LogP contribution in [0.1, 0.15) is 30.5 Å². The third-order valence-electron chi connectivity index (χ3n) is 2.24. The van der Waals surface area contributed by atoms with E-state index < -0.39 is 5.92 Å². The maximum absolute atomic E-state index is 13.2. The van der Waals surface area contributed by atoms with E-state index in [0.29, 0.717) is 5.56 Å². The van der Waals surface area contributed by atoms with Crippen LogP contribution in [0, 0.1) is 0 Å². The van der Waals surface area contributed by atoms with Crippen LogP contribution in [0.15, 0.2) is 6.33 Å². The average Bonchev–Trinajstić information content (AvgIpc) is 2.24. The van der Waals surface area contributed by atoms with Crippen LogP contribution in [0.5, 0.6) is 0 Å². The fraction of sp³-hybridized carbons (Fsp3) is 0.500. The highest BCUT2D eigenvalue weighted by Gasteiger charge is 2.46. The molecule has 0 saturated heterocycles. The molecular formula is C8H7ClF2N2. The molecule has 1 aliphatic rings. The molecule has 0 amide bonds. The van der Waals surface area contributed by atoms with Gasteiger partial charge < -0.3 is 0 Å². The van der Waals surface area contributed by atoms with Crippen LogP contribution >= 0.6 is 11.6 Å². The van der Waals surface area contributed by atoms with Gasteiger partial charge in [-0.05, 0) is 5.92 Å². The van der Waals surface area contributed by atoms with E-state index in [1.807, 2.05) is 0 Å². The average molecular weight is 205 g/mol. The first-order chi connectivity index (χ1) is 6.02. The van der Waals surface area contributed by atoms with Crippen molar-refractivity contribution in [2.75, 3.05) is 0 Å². The van der Waals surface area contributed by atoms with Crippen LogP contribution in [0.3, 0.4) is 0 Å². The Kier molecular flexibility index (Phi) is 1.77. The van der Waals surface area contributed by atoms with Gasteiger partial charge in [-0.25, -0.2) is 9.97 Å². The molecule has 0 saturated carbocycles. The van der Waals surface area contributed by atoms with Gasteiger partial charge in [0.15, 0.2) is 0 Å². The van der Waals surface area contributed by atoms with E-state index in [1.54, 1.807) is 6.92 Å². The van der Waals surface area contributed by atoms with Gasteiger partial charge in [0, 0.05) is 12.0 Å². The predicted octanol–water partition coefficient (Wildman–Crippen LogP) is 2.73. The van der Waals surface area contributed by atoms with E-state index in [-0.39, 0.29) is 23.2 Å². The molecule has 1 atom stereocenters. The number of fused-ring (bicyclic) bond motifs is 1.